The third-order valence-corrected chi connectivity index (χ3v) is 4.13. The highest BCUT2D eigenvalue weighted by Crippen LogP contribution is 2.28. The number of carbonyl (C=O) groups excluding carboxylic acids is 1. The predicted molar refractivity (Wildman–Crippen MR) is 80.1 cm³/mol. The van der Waals surface area contributed by atoms with Crippen molar-refractivity contribution in [2.24, 2.45) is 5.73 Å². The first-order chi connectivity index (χ1) is 9.47. The number of benzene rings is 2. The van der Waals surface area contributed by atoms with E-state index in [1.54, 1.807) is 0 Å². The van der Waals surface area contributed by atoms with Gasteiger partial charge in [-0.1, -0.05) is 6.07 Å². The molecule has 0 aliphatic rings. The standard InChI is InChI=1S/C15H15FN2OS/c1-9-2-4-12(17)7-14(9)20-8-11-6-10(15(18)19)3-5-13(11)16/h2-7H,8,17H2,1H3,(H2,18,19). The van der Waals surface area contributed by atoms with E-state index in [0.29, 0.717) is 22.6 Å². The minimum absolute atomic E-state index is 0.311. The Hall–Kier alpha value is -2.01. The molecule has 0 aromatic heterocycles. The van der Waals surface area contributed by atoms with Crippen LogP contribution in [0.25, 0.3) is 0 Å². The number of anilines is 1. The van der Waals surface area contributed by atoms with Gasteiger partial charge < -0.3 is 11.5 Å². The average Bonchev–Trinajstić information content (AvgIpc) is 2.41. The molecule has 5 heteroatoms. The van der Waals surface area contributed by atoms with Crippen molar-refractivity contribution in [2.45, 2.75) is 17.6 Å². The van der Waals surface area contributed by atoms with E-state index in [2.05, 4.69) is 0 Å². The summed E-state index contributed by atoms with van der Waals surface area (Å²) in [4.78, 5) is 12.1. The van der Waals surface area contributed by atoms with E-state index in [1.165, 1.54) is 30.0 Å². The number of thioether (sulfide) groups is 1. The number of hydrogen-bond acceptors (Lipinski definition) is 3. The second-order valence-corrected chi connectivity index (χ2v) is 5.50. The van der Waals surface area contributed by atoms with E-state index in [0.717, 1.165) is 10.5 Å². The molecule has 4 N–H and O–H groups in total. The van der Waals surface area contributed by atoms with Crippen LogP contribution in [0, 0.1) is 12.7 Å². The molecule has 3 nitrogen and oxygen atoms in total. The summed E-state index contributed by atoms with van der Waals surface area (Å²) in [5.41, 5.74) is 13.5. The third-order valence-electron chi connectivity index (χ3n) is 2.93. The molecule has 0 bridgehead atoms. The molecule has 0 saturated heterocycles. The van der Waals surface area contributed by atoms with Crippen molar-refractivity contribution >= 4 is 23.4 Å². The van der Waals surface area contributed by atoms with Crippen LogP contribution in [-0.2, 0) is 5.75 Å². The zero-order valence-electron chi connectivity index (χ0n) is 11.0. The first-order valence-corrected chi connectivity index (χ1v) is 7.03. The van der Waals surface area contributed by atoms with Gasteiger partial charge in [0.15, 0.2) is 0 Å². The van der Waals surface area contributed by atoms with E-state index in [-0.39, 0.29) is 5.82 Å². The number of carbonyl (C=O) groups is 1. The van der Waals surface area contributed by atoms with Crippen LogP contribution >= 0.6 is 11.8 Å². The van der Waals surface area contributed by atoms with Crippen molar-refractivity contribution in [1.29, 1.82) is 0 Å². The lowest BCUT2D eigenvalue weighted by molar-refractivity contribution is 0.1000. The van der Waals surface area contributed by atoms with Crippen LogP contribution in [0.4, 0.5) is 10.1 Å². The fourth-order valence-corrected chi connectivity index (χ4v) is 2.81. The van der Waals surface area contributed by atoms with Crippen molar-refractivity contribution in [3.63, 3.8) is 0 Å². The molecule has 2 aromatic carbocycles. The average molecular weight is 290 g/mol. The molecule has 2 aromatic rings. The molecule has 0 atom stereocenters. The molecule has 0 heterocycles. The summed E-state index contributed by atoms with van der Waals surface area (Å²) in [6.45, 7) is 1.97. The molecule has 1 amide bonds. The highest BCUT2D eigenvalue weighted by molar-refractivity contribution is 7.98. The van der Waals surface area contributed by atoms with E-state index in [4.69, 9.17) is 11.5 Å². The largest absolute Gasteiger partial charge is 0.399 e. The van der Waals surface area contributed by atoms with Crippen LogP contribution in [0.3, 0.4) is 0 Å². The number of nitrogen functional groups attached to an aromatic ring is 1. The lowest BCUT2D eigenvalue weighted by Gasteiger charge is -2.08. The van der Waals surface area contributed by atoms with Gasteiger partial charge >= 0.3 is 0 Å². The zero-order valence-corrected chi connectivity index (χ0v) is 11.8. The second kappa shape index (κ2) is 5.96. The van der Waals surface area contributed by atoms with Crippen LogP contribution in [-0.4, -0.2) is 5.91 Å². The minimum Gasteiger partial charge on any atom is -0.399 e. The summed E-state index contributed by atoms with van der Waals surface area (Å²) in [6.07, 6.45) is 0. The minimum atomic E-state index is -0.559. The molecule has 104 valence electrons. The summed E-state index contributed by atoms with van der Waals surface area (Å²) in [6, 6.07) is 9.75. The fraction of sp³-hybridized carbons (Fsp3) is 0.133. The van der Waals surface area contributed by atoms with Gasteiger partial charge in [-0.2, -0.15) is 0 Å². The Morgan fingerprint density at radius 2 is 2.00 bits per heavy atom. The lowest BCUT2D eigenvalue weighted by atomic mass is 10.1. The monoisotopic (exact) mass is 290 g/mol. The van der Waals surface area contributed by atoms with Crippen molar-refractivity contribution in [3.05, 3.63) is 58.9 Å². The molecule has 0 radical (unpaired) electrons. The number of nitrogens with two attached hydrogens (primary N) is 2. The number of aryl methyl sites for hydroxylation is 1. The maximum atomic E-state index is 13.7. The molecule has 0 aliphatic carbocycles. The van der Waals surface area contributed by atoms with Gasteiger partial charge in [0.25, 0.3) is 0 Å². The van der Waals surface area contributed by atoms with Crippen LogP contribution in [0.5, 0.6) is 0 Å². The van der Waals surface area contributed by atoms with Crippen LogP contribution < -0.4 is 11.5 Å². The van der Waals surface area contributed by atoms with Crippen LogP contribution in [0.1, 0.15) is 21.5 Å². The smallest absolute Gasteiger partial charge is 0.248 e. The maximum absolute atomic E-state index is 13.7. The number of hydrogen-bond donors (Lipinski definition) is 2. The Labute approximate surface area is 121 Å². The van der Waals surface area contributed by atoms with Gasteiger partial charge in [-0.25, -0.2) is 4.39 Å². The SMILES string of the molecule is Cc1ccc(N)cc1SCc1cc(C(N)=O)ccc1F. The van der Waals surface area contributed by atoms with E-state index < -0.39 is 5.91 Å². The molecular weight excluding hydrogens is 275 g/mol. The second-order valence-electron chi connectivity index (χ2n) is 4.48. The van der Waals surface area contributed by atoms with Gasteiger partial charge in [0.2, 0.25) is 5.91 Å². The van der Waals surface area contributed by atoms with Gasteiger partial charge in [-0.05, 0) is 48.4 Å². The van der Waals surface area contributed by atoms with Gasteiger partial charge in [0, 0.05) is 21.9 Å². The lowest BCUT2D eigenvalue weighted by Crippen LogP contribution is -2.11. The Bertz CT molecular complexity index is 658. The van der Waals surface area contributed by atoms with Gasteiger partial charge in [-0.3, -0.25) is 4.79 Å². The van der Waals surface area contributed by atoms with Crippen LogP contribution in [0.15, 0.2) is 41.3 Å². The van der Waals surface area contributed by atoms with Crippen molar-refractivity contribution in [1.82, 2.24) is 0 Å². The summed E-state index contributed by atoms with van der Waals surface area (Å²) >= 11 is 1.48. The molecule has 20 heavy (non-hydrogen) atoms. The molecule has 0 saturated carbocycles. The quantitative estimate of drug-likeness (QED) is 0.671. The van der Waals surface area contributed by atoms with Crippen molar-refractivity contribution in [2.75, 3.05) is 5.73 Å². The van der Waals surface area contributed by atoms with Gasteiger partial charge in [0.05, 0.1) is 0 Å². The topological polar surface area (TPSA) is 69.1 Å². The molecule has 0 aliphatic heterocycles. The first kappa shape index (κ1) is 14.4. The van der Waals surface area contributed by atoms with Gasteiger partial charge in [0.1, 0.15) is 5.82 Å². The highest BCUT2D eigenvalue weighted by Gasteiger charge is 2.08. The first-order valence-electron chi connectivity index (χ1n) is 6.04. The Balaban J connectivity index is 2.20. The highest BCUT2D eigenvalue weighted by atomic mass is 32.2. The fourth-order valence-electron chi connectivity index (χ4n) is 1.77. The molecular formula is C15H15FN2OS. The van der Waals surface area contributed by atoms with E-state index in [9.17, 15) is 9.18 Å². The molecule has 0 spiro atoms. The van der Waals surface area contributed by atoms with Crippen molar-refractivity contribution in [3.8, 4) is 0 Å². The predicted octanol–water partition coefficient (Wildman–Crippen LogP) is 3.11. The Morgan fingerprint density at radius 3 is 2.70 bits per heavy atom. The summed E-state index contributed by atoms with van der Waals surface area (Å²) in [7, 11) is 0. The summed E-state index contributed by atoms with van der Waals surface area (Å²) in [5, 5.41) is 0. The maximum Gasteiger partial charge on any atom is 0.248 e. The molecule has 0 unspecified atom stereocenters. The molecule has 2 rings (SSSR count). The summed E-state index contributed by atoms with van der Waals surface area (Å²) < 4.78 is 13.7. The van der Waals surface area contributed by atoms with Gasteiger partial charge in [-0.15, -0.1) is 11.8 Å². The van der Waals surface area contributed by atoms with Crippen LogP contribution in [0.2, 0.25) is 0 Å². The normalized spacial score (nSPS) is 10.5. The number of primary amides is 1. The van der Waals surface area contributed by atoms with E-state index in [1.807, 2.05) is 25.1 Å². The number of halogens is 1. The summed E-state index contributed by atoms with van der Waals surface area (Å²) in [5.74, 6) is -0.488. The van der Waals surface area contributed by atoms with E-state index >= 15 is 0 Å². The number of amides is 1. The number of rotatable bonds is 4. The molecule has 0 fully saturated rings. The Morgan fingerprint density at radius 1 is 1.25 bits per heavy atom. The Kier molecular flexibility index (Phi) is 4.29. The van der Waals surface area contributed by atoms with Crippen molar-refractivity contribution < 1.29 is 9.18 Å². The zero-order chi connectivity index (χ0) is 14.7. The third kappa shape index (κ3) is 3.30.